The van der Waals surface area contributed by atoms with Crippen molar-refractivity contribution in [3.8, 4) is 0 Å². The molecule has 0 radical (unpaired) electrons. The smallest absolute Gasteiger partial charge is 0.390 e. The van der Waals surface area contributed by atoms with Gasteiger partial charge in [-0.25, -0.2) is 4.18 Å². The van der Waals surface area contributed by atoms with Gasteiger partial charge >= 0.3 is 10.4 Å². The van der Waals surface area contributed by atoms with Crippen molar-refractivity contribution in [1.82, 2.24) is 0 Å². The third kappa shape index (κ3) is 2.78. The molecule has 5 nitrogen and oxygen atoms in total. The molecule has 0 bridgehead atoms. The van der Waals surface area contributed by atoms with E-state index >= 15 is 0 Å². The Bertz CT molecular complexity index is 674. The molecule has 4 aliphatic carbocycles. The molecule has 4 aliphatic rings. The van der Waals surface area contributed by atoms with Gasteiger partial charge in [0.1, 0.15) is 0 Å². The lowest BCUT2D eigenvalue weighted by atomic mass is 9.44. The first kappa shape index (κ1) is 19.2. The van der Waals surface area contributed by atoms with Gasteiger partial charge in [0.15, 0.2) is 0 Å². The van der Waals surface area contributed by atoms with Gasteiger partial charge in [-0.3, -0.25) is 4.55 Å². The summed E-state index contributed by atoms with van der Waals surface area (Å²) in [5, 5.41) is 11.0. The van der Waals surface area contributed by atoms with Gasteiger partial charge in [0.25, 0.3) is 0 Å². The van der Waals surface area contributed by atoms with E-state index in [1.165, 1.54) is 12.8 Å². The van der Waals surface area contributed by atoms with E-state index in [9.17, 15) is 13.5 Å². The summed E-state index contributed by atoms with van der Waals surface area (Å²) in [6.07, 6.45) is 8.65. The van der Waals surface area contributed by atoms with Crippen molar-refractivity contribution in [2.24, 2.45) is 34.5 Å². The summed E-state index contributed by atoms with van der Waals surface area (Å²) in [5.74, 6) is 2.43. The van der Waals surface area contributed by atoms with E-state index in [4.69, 9.17) is 8.74 Å². The van der Waals surface area contributed by atoms with Crippen LogP contribution in [0.1, 0.15) is 78.6 Å². The zero-order valence-corrected chi connectivity index (χ0v) is 17.1. The summed E-state index contributed by atoms with van der Waals surface area (Å²) in [5.41, 5.74) is -0.262. The highest BCUT2D eigenvalue weighted by atomic mass is 32.3. The normalized spacial score (nSPS) is 54.3. The lowest BCUT2D eigenvalue weighted by Gasteiger charge is -2.61. The van der Waals surface area contributed by atoms with Crippen molar-refractivity contribution in [2.45, 2.75) is 90.3 Å². The van der Waals surface area contributed by atoms with Crippen LogP contribution in [-0.2, 0) is 14.6 Å². The highest BCUT2D eigenvalue weighted by Gasteiger charge is 2.63. The van der Waals surface area contributed by atoms with Crippen molar-refractivity contribution in [3.05, 3.63) is 0 Å². The molecule has 4 saturated carbocycles. The molecule has 0 aromatic rings. The molecule has 4 rings (SSSR count). The molecule has 0 aliphatic heterocycles. The van der Waals surface area contributed by atoms with Crippen LogP contribution in [0, 0.1) is 34.5 Å². The van der Waals surface area contributed by atoms with E-state index in [2.05, 4.69) is 13.8 Å². The summed E-state index contributed by atoms with van der Waals surface area (Å²) >= 11 is 0. The van der Waals surface area contributed by atoms with Gasteiger partial charge in [0, 0.05) is 0 Å². The van der Waals surface area contributed by atoms with Crippen LogP contribution in [0.2, 0.25) is 0 Å². The Kier molecular flexibility index (Phi) is 4.36. The molecule has 26 heavy (non-hydrogen) atoms. The van der Waals surface area contributed by atoms with Crippen LogP contribution in [0.25, 0.3) is 0 Å². The molecule has 0 saturated heterocycles. The van der Waals surface area contributed by atoms with E-state index in [0.717, 1.165) is 38.5 Å². The summed E-state index contributed by atoms with van der Waals surface area (Å²) in [7, 11) is -4.37. The molecule has 0 aromatic heterocycles. The fraction of sp³-hybridized carbons (Fsp3) is 1.00. The van der Waals surface area contributed by atoms with Crippen LogP contribution in [0.15, 0.2) is 0 Å². The van der Waals surface area contributed by atoms with Crippen molar-refractivity contribution >= 4 is 10.4 Å². The van der Waals surface area contributed by atoms with E-state index in [0.29, 0.717) is 30.1 Å². The summed E-state index contributed by atoms with van der Waals surface area (Å²) in [6, 6.07) is 0. The van der Waals surface area contributed by atoms with E-state index < -0.39 is 16.0 Å². The fourth-order valence-electron chi connectivity index (χ4n) is 7.72. The van der Waals surface area contributed by atoms with Crippen LogP contribution in [0.5, 0.6) is 0 Å². The summed E-state index contributed by atoms with van der Waals surface area (Å²) < 4.78 is 36.1. The largest absolute Gasteiger partial charge is 0.397 e. The predicted molar refractivity (Wildman–Crippen MR) is 98.8 cm³/mol. The third-order valence-electron chi connectivity index (χ3n) is 9.44. The molecular weight excluding hydrogens is 352 g/mol. The monoisotopic (exact) mass is 386 g/mol. The fourth-order valence-corrected chi connectivity index (χ4v) is 8.24. The minimum atomic E-state index is -4.37. The number of hydrogen-bond acceptors (Lipinski definition) is 4. The molecule has 0 unspecified atom stereocenters. The van der Waals surface area contributed by atoms with Gasteiger partial charge in [0.05, 0.1) is 11.7 Å². The number of aliphatic hydroxyl groups is 1. The van der Waals surface area contributed by atoms with Crippen LogP contribution in [0.3, 0.4) is 0 Å². The predicted octanol–water partition coefficient (Wildman–Crippen LogP) is 3.97. The van der Waals surface area contributed by atoms with Gasteiger partial charge in [-0.2, -0.15) is 8.42 Å². The molecule has 0 amide bonds. The Hall–Kier alpha value is -0.170. The lowest BCUT2D eigenvalue weighted by Crippen LogP contribution is -2.56. The first-order valence-electron chi connectivity index (χ1n) is 10.3. The zero-order chi connectivity index (χ0) is 19.0. The first-order valence-corrected chi connectivity index (χ1v) is 11.7. The number of fused-ring (bicyclic) bond motifs is 5. The van der Waals surface area contributed by atoms with Crippen LogP contribution in [-0.4, -0.2) is 29.8 Å². The van der Waals surface area contributed by atoms with Crippen molar-refractivity contribution in [3.63, 3.8) is 0 Å². The highest BCUT2D eigenvalue weighted by Crippen LogP contribution is 2.68. The molecular formula is C20H34O5S. The average Bonchev–Trinajstić information content (AvgIpc) is 2.76. The molecule has 150 valence electrons. The highest BCUT2D eigenvalue weighted by molar-refractivity contribution is 7.80. The van der Waals surface area contributed by atoms with Crippen LogP contribution in [0.4, 0.5) is 0 Å². The van der Waals surface area contributed by atoms with E-state index in [1.807, 2.05) is 6.92 Å². The second-order valence-corrected chi connectivity index (χ2v) is 11.4. The molecule has 0 heterocycles. The maximum atomic E-state index is 11.1. The van der Waals surface area contributed by atoms with Crippen molar-refractivity contribution in [1.29, 1.82) is 0 Å². The zero-order valence-electron chi connectivity index (χ0n) is 16.3. The average molecular weight is 387 g/mol. The Balaban J connectivity index is 1.54. The molecule has 8 atom stereocenters. The summed E-state index contributed by atoms with van der Waals surface area (Å²) in [4.78, 5) is 0. The van der Waals surface area contributed by atoms with E-state index in [1.54, 1.807) is 0 Å². The Morgan fingerprint density at radius 2 is 1.62 bits per heavy atom. The second-order valence-electron chi connectivity index (χ2n) is 10.3. The second kappa shape index (κ2) is 5.91. The first-order chi connectivity index (χ1) is 12.0. The molecule has 6 heteroatoms. The molecule has 2 N–H and O–H groups in total. The molecule has 0 aromatic carbocycles. The topological polar surface area (TPSA) is 83.8 Å². The molecule has 4 fully saturated rings. The Morgan fingerprint density at radius 3 is 2.31 bits per heavy atom. The SMILES string of the molecule is C[C@]12CC[C@@H](OS(=O)(=O)O)C[C@@H]1CC[C@@H]1[C@@H]2CC[C@@]2(C)[C@H]1CC[C@@]2(C)O. The minimum absolute atomic E-state index is 0.0443. The maximum absolute atomic E-state index is 11.1. The quantitative estimate of drug-likeness (QED) is 0.702. The van der Waals surface area contributed by atoms with Crippen molar-refractivity contribution in [2.75, 3.05) is 0 Å². The maximum Gasteiger partial charge on any atom is 0.397 e. The van der Waals surface area contributed by atoms with Gasteiger partial charge in [0.2, 0.25) is 0 Å². The number of rotatable bonds is 2. The van der Waals surface area contributed by atoms with Gasteiger partial charge in [-0.1, -0.05) is 13.8 Å². The van der Waals surface area contributed by atoms with E-state index in [-0.39, 0.29) is 16.9 Å². The van der Waals surface area contributed by atoms with Gasteiger partial charge in [-0.15, -0.1) is 0 Å². The van der Waals surface area contributed by atoms with Gasteiger partial charge < -0.3 is 5.11 Å². The van der Waals surface area contributed by atoms with Crippen LogP contribution < -0.4 is 0 Å². The standard InChI is InChI=1S/C20H34O5S/c1-18-9-6-14(25-26(22,23)24)12-13(18)4-5-15-16(18)7-10-19(2)17(15)8-11-20(19,3)21/h13-17,21H,4-12H2,1-3H3,(H,22,23,24)/t13-,14+,15+,16-,17-,18-,19-,20+/m0/s1. The third-order valence-corrected chi connectivity index (χ3v) is 9.95. The van der Waals surface area contributed by atoms with Crippen LogP contribution >= 0.6 is 0 Å². The Morgan fingerprint density at radius 1 is 0.923 bits per heavy atom. The van der Waals surface area contributed by atoms with Gasteiger partial charge in [-0.05, 0) is 99.2 Å². The summed E-state index contributed by atoms with van der Waals surface area (Å²) in [6.45, 7) is 6.76. The lowest BCUT2D eigenvalue weighted by molar-refractivity contribution is -0.152. The number of hydrogen-bond donors (Lipinski definition) is 2. The minimum Gasteiger partial charge on any atom is -0.390 e. The molecule has 0 spiro atoms. The Labute approximate surface area is 157 Å². The van der Waals surface area contributed by atoms with Crippen molar-refractivity contribution < 1.29 is 22.3 Å².